The predicted molar refractivity (Wildman–Crippen MR) is 60.7 cm³/mol. The molecule has 0 N–H and O–H groups in total. The van der Waals surface area contributed by atoms with E-state index in [2.05, 4.69) is 4.98 Å². The highest BCUT2D eigenvalue weighted by atomic mass is 19.1. The standard InChI is InChI=1S/C13H9F2NO2/c1-8(17)12-3-2-4-16-13(12)18-11-6-9(14)5-10(15)7-11/h2-7H,1H3. The molecule has 18 heavy (non-hydrogen) atoms. The third-order valence-electron chi connectivity index (χ3n) is 2.20. The predicted octanol–water partition coefficient (Wildman–Crippen LogP) is 3.35. The maximum absolute atomic E-state index is 13.0. The maximum atomic E-state index is 13.0. The van der Waals surface area contributed by atoms with Crippen molar-refractivity contribution in [2.45, 2.75) is 6.92 Å². The number of ketones is 1. The number of pyridine rings is 1. The molecule has 92 valence electrons. The molecule has 0 bridgehead atoms. The fourth-order valence-corrected chi connectivity index (χ4v) is 1.44. The third kappa shape index (κ3) is 2.68. The van der Waals surface area contributed by atoms with Crippen LogP contribution in [-0.2, 0) is 0 Å². The lowest BCUT2D eigenvalue weighted by Crippen LogP contribution is -1.99. The van der Waals surface area contributed by atoms with Crippen molar-refractivity contribution in [1.29, 1.82) is 0 Å². The minimum atomic E-state index is -0.759. The number of halogens is 2. The summed E-state index contributed by atoms with van der Waals surface area (Å²) in [5, 5.41) is 0. The van der Waals surface area contributed by atoms with E-state index in [9.17, 15) is 13.6 Å². The minimum absolute atomic E-state index is 0.0231. The lowest BCUT2D eigenvalue weighted by molar-refractivity contribution is 0.101. The number of Topliss-reactive ketones (excluding diaryl/α,β-unsaturated/α-hetero) is 1. The number of aromatic nitrogens is 1. The Morgan fingerprint density at radius 1 is 1.22 bits per heavy atom. The Bertz CT molecular complexity index is 579. The van der Waals surface area contributed by atoms with Crippen molar-refractivity contribution < 1.29 is 18.3 Å². The van der Waals surface area contributed by atoms with Crippen molar-refractivity contribution in [2.75, 3.05) is 0 Å². The molecule has 0 unspecified atom stereocenters. The highest BCUT2D eigenvalue weighted by Crippen LogP contribution is 2.24. The molecule has 0 radical (unpaired) electrons. The zero-order valence-electron chi connectivity index (χ0n) is 9.48. The van der Waals surface area contributed by atoms with E-state index in [1.165, 1.54) is 19.2 Å². The molecular weight excluding hydrogens is 240 g/mol. The Morgan fingerprint density at radius 2 is 1.89 bits per heavy atom. The molecule has 0 fully saturated rings. The van der Waals surface area contributed by atoms with Gasteiger partial charge in [0, 0.05) is 24.4 Å². The largest absolute Gasteiger partial charge is 0.438 e. The highest BCUT2D eigenvalue weighted by Gasteiger charge is 2.11. The molecule has 0 saturated carbocycles. The van der Waals surface area contributed by atoms with Crippen molar-refractivity contribution in [2.24, 2.45) is 0 Å². The number of ether oxygens (including phenoxy) is 1. The van der Waals surface area contributed by atoms with E-state index in [-0.39, 0.29) is 23.0 Å². The van der Waals surface area contributed by atoms with Crippen molar-refractivity contribution in [3.05, 3.63) is 53.7 Å². The van der Waals surface area contributed by atoms with Crippen LogP contribution in [0.4, 0.5) is 8.78 Å². The molecule has 5 heteroatoms. The molecule has 1 aromatic carbocycles. The quantitative estimate of drug-likeness (QED) is 0.783. The summed E-state index contributed by atoms with van der Waals surface area (Å²) in [4.78, 5) is 15.2. The smallest absolute Gasteiger partial charge is 0.230 e. The van der Waals surface area contributed by atoms with E-state index in [4.69, 9.17) is 4.74 Å². The van der Waals surface area contributed by atoms with Crippen LogP contribution in [0.5, 0.6) is 11.6 Å². The first-order chi connectivity index (χ1) is 8.56. The highest BCUT2D eigenvalue weighted by molar-refractivity contribution is 5.96. The van der Waals surface area contributed by atoms with Gasteiger partial charge in [0.1, 0.15) is 17.4 Å². The van der Waals surface area contributed by atoms with Crippen LogP contribution in [0.2, 0.25) is 0 Å². The number of nitrogens with zero attached hydrogens (tertiary/aromatic N) is 1. The number of carbonyl (C=O) groups is 1. The second kappa shape index (κ2) is 4.91. The number of rotatable bonds is 3. The van der Waals surface area contributed by atoms with E-state index in [1.54, 1.807) is 6.07 Å². The number of carbonyl (C=O) groups excluding carboxylic acids is 1. The number of hydrogen-bond donors (Lipinski definition) is 0. The fourth-order valence-electron chi connectivity index (χ4n) is 1.44. The van der Waals surface area contributed by atoms with Crippen molar-refractivity contribution in [3.63, 3.8) is 0 Å². The zero-order valence-corrected chi connectivity index (χ0v) is 9.48. The average Bonchev–Trinajstić information content (AvgIpc) is 2.27. The summed E-state index contributed by atoms with van der Waals surface area (Å²) in [6, 6.07) is 5.87. The summed E-state index contributed by atoms with van der Waals surface area (Å²) < 4.78 is 31.2. The summed E-state index contributed by atoms with van der Waals surface area (Å²) in [7, 11) is 0. The van der Waals surface area contributed by atoms with Crippen LogP contribution in [-0.4, -0.2) is 10.8 Å². The van der Waals surface area contributed by atoms with Crippen LogP contribution < -0.4 is 4.74 Å². The van der Waals surface area contributed by atoms with Gasteiger partial charge in [0.15, 0.2) is 5.78 Å². The van der Waals surface area contributed by atoms with Gasteiger partial charge >= 0.3 is 0 Å². The van der Waals surface area contributed by atoms with Crippen LogP contribution in [0.25, 0.3) is 0 Å². The van der Waals surface area contributed by atoms with Gasteiger partial charge in [0.25, 0.3) is 0 Å². The molecule has 0 spiro atoms. The first kappa shape index (κ1) is 12.2. The zero-order chi connectivity index (χ0) is 13.1. The molecule has 3 nitrogen and oxygen atoms in total. The third-order valence-corrected chi connectivity index (χ3v) is 2.20. The molecule has 2 aromatic rings. The molecule has 1 heterocycles. The van der Waals surface area contributed by atoms with E-state index < -0.39 is 11.6 Å². The first-order valence-electron chi connectivity index (χ1n) is 5.16. The summed E-state index contributed by atoms with van der Waals surface area (Å²) in [6.07, 6.45) is 1.43. The van der Waals surface area contributed by atoms with Gasteiger partial charge in [-0.3, -0.25) is 4.79 Å². The van der Waals surface area contributed by atoms with Crippen LogP contribution in [0, 0.1) is 11.6 Å². The van der Waals surface area contributed by atoms with Crippen molar-refractivity contribution >= 4 is 5.78 Å². The molecule has 0 aliphatic heterocycles. The molecule has 0 saturated heterocycles. The van der Waals surface area contributed by atoms with Crippen LogP contribution in [0.3, 0.4) is 0 Å². The van der Waals surface area contributed by atoms with E-state index >= 15 is 0 Å². The van der Waals surface area contributed by atoms with Gasteiger partial charge in [-0.25, -0.2) is 13.8 Å². The van der Waals surface area contributed by atoms with E-state index in [0.29, 0.717) is 0 Å². The van der Waals surface area contributed by atoms with Crippen LogP contribution >= 0.6 is 0 Å². The average molecular weight is 249 g/mol. The fraction of sp³-hybridized carbons (Fsp3) is 0.0769. The summed E-state index contributed by atoms with van der Waals surface area (Å²) >= 11 is 0. The minimum Gasteiger partial charge on any atom is -0.438 e. The van der Waals surface area contributed by atoms with Gasteiger partial charge in [0.2, 0.25) is 5.88 Å². The Kier molecular flexibility index (Phi) is 3.32. The lowest BCUT2D eigenvalue weighted by Gasteiger charge is -2.07. The summed E-state index contributed by atoms with van der Waals surface area (Å²) in [5.74, 6) is -1.78. The molecule has 0 amide bonds. The monoisotopic (exact) mass is 249 g/mol. The summed E-state index contributed by atoms with van der Waals surface area (Å²) in [5.41, 5.74) is 0.252. The molecular formula is C13H9F2NO2. The van der Waals surface area contributed by atoms with Crippen LogP contribution in [0.1, 0.15) is 17.3 Å². The lowest BCUT2D eigenvalue weighted by atomic mass is 10.2. The van der Waals surface area contributed by atoms with Gasteiger partial charge in [-0.15, -0.1) is 0 Å². The van der Waals surface area contributed by atoms with Gasteiger partial charge in [0.05, 0.1) is 5.56 Å². The summed E-state index contributed by atoms with van der Waals surface area (Å²) in [6.45, 7) is 1.36. The Hall–Kier alpha value is -2.30. The van der Waals surface area contributed by atoms with E-state index in [0.717, 1.165) is 18.2 Å². The Morgan fingerprint density at radius 3 is 2.50 bits per heavy atom. The topological polar surface area (TPSA) is 39.2 Å². The Labute approximate surface area is 102 Å². The normalized spacial score (nSPS) is 10.2. The molecule has 0 aliphatic carbocycles. The van der Waals surface area contributed by atoms with Gasteiger partial charge in [-0.05, 0) is 19.1 Å². The van der Waals surface area contributed by atoms with Gasteiger partial charge in [-0.1, -0.05) is 0 Å². The van der Waals surface area contributed by atoms with Crippen LogP contribution in [0.15, 0.2) is 36.5 Å². The first-order valence-corrected chi connectivity index (χ1v) is 5.16. The molecule has 0 aliphatic rings. The maximum Gasteiger partial charge on any atom is 0.230 e. The number of benzene rings is 1. The Balaban J connectivity index is 2.37. The SMILES string of the molecule is CC(=O)c1cccnc1Oc1cc(F)cc(F)c1. The van der Waals surface area contributed by atoms with Crippen molar-refractivity contribution in [3.8, 4) is 11.6 Å². The molecule has 1 aromatic heterocycles. The second-order valence-corrected chi connectivity index (χ2v) is 3.62. The second-order valence-electron chi connectivity index (χ2n) is 3.62. The van der Waals surface area contributed by atoms with Gasteiger partial charge in [-0.2, -0.15) is 0 Å². The molecule has 2 rings (SSSR count). The molecule has 0 atom stereocenters. The van der Waals surface area contributed by atoms with Gasteiger partial charge < -0.3 is 4.74 Å². The number of hydrogen-bond acceptors (Lipinski definition) is 3. The van der Waals surface area contributed by atoms with Crippen molar-refractivity contribution in [1.82, 2.24) is 4.98 Å². The van der Waals surface area contributed by atoms with E-state index in [1.807, 2.05) is 0 Å².